The summed E-state index contributed by atoms with van der Waals surface area (Å²) in [7, 11) is 0. The van der Waals surface area contributed by atoms with E-state index in [1.807, 2.05) is 0 Å². The smallest absolute Gasteiger partial charge is 0.379 e. The lowest BCUT2D eigenvalue weighted by Crippen LogP contribution is -2.51. The Morgan fingerprint density at radius 1 is 1.17 bits per heavy atom. The summed E-state index contributed by atoms with van der Waals surface area (Å²) in [6.45, 7) is 6.88. The van der Waals surface area contributed by atoms with Gasteiger partial charge in [0.25, 0.3) is 0 Å². The van der Waals surface area contributed by atoms with E-state index in [1.54, 1.807) is 0 Å². The fourth-order valence-electron chi connectivity index (χ4n) is 4.40. The van der Waals surface area contributed by atoms with E-state index in [0.29, 0.717) is 32.8 Å². The van der Waals surface area contributed by atoms with E-state index in [0.717, 1.165) is 56.5 Å². The van der Waals surface area contributed by atoms with Gasteiger partial charge in [-0.1, -0.05) is 25.5 Å². The van der Waals surface area contributed by atoms with Crippen LogP contribution in [0.15, 0.2) is 24.3 Å². The molecule has 0 spiro atoms. The Morgan fingerprint density at radius 2 is 1.87 bits per heavy atom. The van der Waals surface area contributed by atoms with Crippen molar-refractivity contribution >= 4 is 5.91 Å². The van der Waals surface area contributed by atoms with Crippen molar-refractivity contribution in [2.75, 3.05) is 45.9 Å². The highest BCUT2D eigenvalue weighted by molar-refractivity contribution is 5.81. The number of carbonyl (C=O) groups excluding carboxylic acids is 1. The van der Waals surface area contributed by atoms with Gasteiger partial charge in [-0.05, 0) is 50.0 Å². The van der Waals surface area contributed by atoms with Gasteiger partial charge in [-0.15, -0.1) is 0 Å². The van der Waals surface area contributed by atoms with Crippen LogP contribution in [0.1, 0.15) is 49.8 Å². The number of nitrogens with one attached hydrogen (secondary N) is 1. The normalized spacial score (nSPS) is 22.6. The zero-order chi connectivity index (χ0) is 21.6. The van der Waals surface area contributed by atoms with Gasteiger partial charge in [-0.25, -0.2) is 0 Å². The number of amides is 1. The highest BCUT2D eigenvalue weighted by Gasteiger charge is 2.32. The SMILES string of the molecule is CCCN1CCCCC1C(=O)NCC(c1ccc(C(F)(F)F)cc1)N1CCOCC1. The van der Waals surface area contributed by atoms with Crippen LogP contribution < -0.4 is 5.32 Å². The van der Waals surface area contributed by atoms with Gasteiger partial charge in [0.05, 0.1) is 30.9 Å². The van der Waals surface area contributed by atoms with E-state index in [2.05, 4.69) is 22.0 Å². The van der Waals surface area contributed by atoms with E-state index in [-0.39, 0.29) is 18.0 Å². The van der Waals surface area contributed by atoms with Crippen molar-refractivity contribution in [1.29, 1.82) is 0 Å². The first-order valence-corrected chi connectivity index (χ1v) is 10.9. The summed E-state index contributed by atoms with van der Waals surface area (Å²) in [6.07, 6.45) is -0.333. The number of rotatable bonds is 7. The molecule has 0 radical (unpaired) electrons. The fraction of sp³-hybridized carbons (Fsp3) is 0.682. The van der Waals surface area contributed by atoms with E-state index < -0.39 is 11.7 Å². The van der Waals surface area contributed by atoms with Gasteiger partial charge in [0, 0.05) is 19.6 Å². The minimum atomic E-state index is -4.36. The Hall–Kier alpha value is -1.64. The standard InChI is InChI=1S/C22H32F3N3O2/c1-2-10-27-11-4-3-5-19(27)21(29)26-16-20(28-12-14-30-15-13-28)17-6-8-18(9-7-17)22(23,24)25/h6-9,19-20H,2-5,10-16H2,1H3,(H,26,29). The highest BCUT2D eigenvalue weighted by Crippen LogP contribution is 2.31. The molecule has 0 saturated carbocycles. The summed E-state index contributed by atoms with van der Waals surface area (Å²) in [5.41, 5.74) is 0.118. The first-order chi connectivity index (χ1) is 14.4. The average molecular weight is 428 g/mol. The fourth-order valence-corrected chi connectivity index (χ4v) is 4.40. The molecule has 2 heterocycles. The quantitative estimate of drug-likeness (QED) is 0.724. The molecule has 1 aromatic rings. The first kappa shape index (κ1) is 23.0. The monoisotopic (exact) mass is 427 g/mol. The van der Waals surface area contributed by atoms with Crippen molar-refractivity contribution in [1.82, 2.24) is 15.1 Å². The molecule has 0 aromatic heterocycles. The molecule has 2 fully saturated rings. The molecular formula is C22H32F3N3O2. The Morgan fingerprint density at radius 3 is 2.50 bits per heavy atom. The van der Waals surface area contributed by atoms with E-state index in [9.17, 15) is 18.0 Å². The number of alkyl halides is 3. The number of hydrogen-bond acceptors (Lipinski definition) is 4. The van der Waals surface area contributed by atoms with Crippen LogP contribution in [0.25, 0.3) is 0 Å². The number of hydrogen-bond donors (Lipinski definition) is 1. The topological polar surface area (TPSA) is 44.8 Å². The molecule has 5 nitrogen and oxygen atoms in total. The Kier molecular flexibility index (Phi) is 8.13. The third-order valence-electron chi connectivity index (χ3n) is 6.01. The van der Waals surface area contributed by atoms with Crippen LogP contribution in [0.3, 0.4) is 0 Å². The molecule has 2 aliphatic heterocycles. The molecular weight excluding hydrogens is 395 g/mol. The minimum Gasteiger partial charge on any atom is -0.379 e. The molecule has 2 unspecified atom stereocenters. The lowest BCUT2D eigenvalue weighted by atomic mass is 10.00. The summed E-state index contributed by atoms with van der Waals surface area (Å²) in [6, 6.07) is 5.00. The molecule has 30 heavy (non-hydrogen) atoms. The Labute approximate surface area is 176 Å². The molecule has 1 amide bonds. The number of nitrogens with zero attached hydrogens (tertiary/aromatic N) is 2. The summed E-state index contributed by atoms with van der Waals surface area (Å²) in [5, 5.41) is 3.10. The summed E-state index contributed by atoms with van der Waals surface area (Å²) < 4.78 is 44.3. The molecule has 1 aromatic carbocycles. The number of piperidine rings is 1. The van der Waals surface area contributed by atoms with Gasteiger partial charge >= 0.3 is 6.18 Å². The van der Waals surface area contributed by atoms with Gasteiger partial charge in [0.15, 0.2) is 0 Å². The molecule has 2 aliphatic rings. The lowest BCUT2D eigenvalue weighted by molar-refractivity contribution is -0.137. The maximum Gasteiger partial charge on any atom is 0.416 e. The largest absolute Gasteiger partial charge is 0.416 e. The van der Waals surface area contributed by atoms with E-state index >= 15 is 0 Å². The molecule has 2 saturated heterocycles. The van der Waals surface area contributed by atoms with Crippen molar-refractivity contribution in [3.8, 4) is 0 Å². The van der Waals surface area contributed by atoms with Crippen molar-refractivity contribution in [2.45, 2.75) is 50.9 Å². The van der Waals surface area contributed by atoms with Crippen LogP contribution in [-0.4, -0.2) is 67.7 Å². The molecule has 168 valence electrons. The second kappa shape index (κ2) is 10.6. The third-order valence-corrected chi connectivity index (χ3v) is 6.01. The van der Waals surface area contributed by atoms with E-state index in [4.69, 9.17) is 4.74 Å². The maximum absolute atomic E-state index is 12.9. The Bertz CT molecular complexity index is 673. The molecule has 2 atom stereocenters. The first-order valence-electron chi connectivity index (χ1n) is 10.9. The van der Waals surface area contributed by atoms with Crippen molar-refractivity contribution in [2.24, 2.45) is 0 Å². The molecule has 3 rings (SSSR count). The predicted molar refractivity (Wildman–Crippen MR) is 109 cm³/mol. The predicted octanol–water partition coefficient (Wildman–Crippen LogP) is 3.46. The van der Waals surface area contributed by atoms with Gasteiger partial charge in [-0.2, -0.15) is 13.2 Å². The molecule has 1 N–H and O–H groups in total. The zero-order valence-corrected chi connectivity index (χ0v) is 17.6. The zero-order valence-electron chi connectivity index (χ0n) is 17.6. The van der Waals surface area contributed by atoms with Crippen molar-refractivity contribution < 1.29 is 22.7 Å². The van der Waals surface area contributed by atoms with Crippen LogP contribution in [-0.2, 0) is 15.7 Å². The van der Waals surface area contributed by atoms with Crippen LogP contribution in [0.5, 0.6) is 0 Å². The van der Waals surface area contributed by atoms with Crippen LogP contribution in [0.4, 0.5) is 13.2 Å². The van der Waals surface area contributed by atoms with E-state index in [1.165, 1.54) is 12.1 Å². The number of benzene rings is 1. The second-order valence-corrected chi connectivity index (χ2v) is 8.08. The van der Waals surface area contributed by atoms with Gasteiger partial charge < -0.3 is 10.1 Å². The lowest BCUT2D eigenvalue weighted by Gasteiger charge is -2.37. The summed E-state index contributed by atoms with van der Waals surface area (Å²) in [4.78, 5) is 17.4. The highest BCUT2D eigenvalue weighted by atomic mass is 19.4. The Balaban J connectivity index is 1.70. The third kappa shape index (κ3) is 5.95. The molecule has 0 aliphatic carbocycles. The van der Waals surface area contributed by atoms with Gasteiger partial charge in [-0.3, -0.25) is 14.6 Å². The summed E-state index contributed by atoms with van der Waals surface area (Å²) in [5.74, 6) is 0.0216. The van der Waals surface area contributed by atoms with Crippen molar-refractivity contribution in [3.63, 3.8) is 0 Å². The van der Waals surface area contributed by atoms with Crippen LogP contribution in [0.2, 0.25) is 0 Å². The van der Waals surface area contributed by atoms with Crippen LogP contribution >= 0.6 is 0 Å². The second-order valence-electron chi connectivity index (χ2n) is 8.08. The van der Waals surface area contributed by atoms with Crippen molar-refractivity contribution in [3.05, 3.63) is 35.4 Å². The number of likely N-dealkylation sites (tertiary alicyclic amines) is 1. The number of ether oxygens (including phenoxy) is 1. The van der Waals surface area contributed by atoms with Crippen LogP contribution in [0, 0.1) is 0 Å². The number of carbonyl (C=O) groups is 1. The molecule has 0 bridgehead atoms. The van der Waals surface area contributed by atoms with Gasteiger partial charge in [0.1, 0.15) is 0 Å². The average Bonchev–Trinajstić information content (AvgIpc) is 2.75. The minimum absolute atomic E-state index is 0.0216. The molecule has 8 heteroatoms. The number of halogens is 3. The maximum atomic E-state index is 12.9. The number of morpholine rings is 1. The van der Waals surface area contributed by atoms with Gasteiger partial charge in [0.2, 0.25) is 5.91 Å². The summed E-state index contributed by atoms with van der Waals surface area (Å²) >= 11 is 0.